The Balaban J connectivity index is 0.990. The minimum absolute atomic E-state index is 0.0890. The molecule has 6 rings (SSSR count). The highest BCUT2D eigenvalue weighted by atomic mass is 16.2. The fourth-order valence-corrected chi connectivity index (χ4v) is 6.95. The number of hydrogen-bond donors (Lipinski definition) is 2. The third-order valence-corrected chi connectivity index (χ3v) is 9.50. The zero-order valence-electron chi connectivity index (χ0n) is 24.3. The summed E-state index contributed by atoms with van der Waals surface area (Å²) in [4.78, 5) is 62.4. The standard InChI is InChI=1S/C31H39N7O4/c1-32-27-8-6-23(15-34-27)37-19-31(20-37)9-11-35(12-10-31)16-21-17-36(18-21)22-5-7-24-25(14-22)30(42)38(29(24)41)26(4-3-13-39)28(40)33-2/h5-8,13-15,21,26H,3-4,9-12,16-20H2,1-2H3,(H,32,34)(H,33,40). The molecule has 1 aromatic carbocycles. The van der Waals surface area contributed by atoms with Gasteiger partial charge in [0.15, 0.2) is 0 Å². The minimum Gasteiger partial charge on any atom is -0.373 e. The molecule has 1 aromatic heterocycles. The van der Waals surface area contributed by atoms with E-state index >= 15 is 0 Å². The molecule has 4 aliphatic rings. The van der Waals surface area contributed by atoms with Crippen LogP contribution < -0.4 is 20.4 Å². The molecule has 3 saturated heterocycles. The van der Waals surface area contributed by atoms with E-state index < -0.39 is 23.8 Å². The molecule has 3 amide bonds. The molecule has 2 N–H and O–H groups in total. The van der Waals surface area contributed by atoms with E-state index in [1.165, 1.54) is 25.6 Å². The van der Waals surface area contributed by atoms with Crippen molar-refractivity contribution in [2.24, 2.45) is 11.3 Å². The summed E-state index contributed by atoms with van der Waals surface area (Å²) < 4.78 is 0. The number of benzene rings is 1. The molecule has 0 aliphatic carbocycles. The van der Waals surface area contributed by atoms with Crippen molar-refractivity contribution in [1.29, 1.82) is 0 Å². The Labute approximate surface area is 246 Å². The zero-order chi connectivity index (χ0) is 29.4. The number of piperidine rings is 1. The van der Waals surface area contributed by atoms with Gasteiger partial charge in [0, 0.05) is 70.3 Å². The Kier molecular flexibility index (Phi) is 7.61. The van der Waals surface area contributed by atoms with E-state index in [0.29, 0.717) is 28.7 Å². The summed E-state index contributed by atoms with van der Waals surface area (Å²) in [5.41, 5.74) is 3.18. The lowest BCUT2D eigenvalue weighted by Gasteiger charge is -2.55. The number of nitrogens with one attached hydrogen (secondary N) is 2. The fourth-order valence-electron chi connectivity index (χ4n) is 6.95. The molecule has 1 spiro atoms. The third-order valence-electron chi connectivity index (χ3n) is 9.50. The summed E-state index contributed by atoms with van der Waals surface area (Å²) in [6.45, 7) is 7.37. The predicted molar refractivity (Wildman–Crippen MR) is 160 cm³/mol. The van der Waals surface area contributed by atoms with Crippen LogP contribution in [0.15, 0.2) is 36.5 Å². The molecule has 3 fully saturated rings. The van der Waals surface area contributed by atoms with Gasteiger partial charge >= 0.3 is 0 Å². The highest BCUT2D eigenvalue weighted by molar-refractivity contribution is 6.23. The second kappa shape index (κ2) is 11.4. The molecule has 5 heterocycles. The molecular formula is C31H39N7O4. The Morgan fingerprint density at radius 3 is 2.38 bits per heavy atom. The maximum Gasteiger partial charge on any atom is 0.262 e. The van der Waals surface area contributed by atoms with E-state index in [9.17, 15) is 19.2 Å². The van der Waals surface area contributed by atoms with E-state index in [4.69, 9.17) is 0 Å². The molecule has 0 radical (unpaired) electrons. The number of likely N-dealkylation sites (tertiary alicyclic amines) is 1. The summed E-state index contributed by atoms with van der Waals surface area (Å²) in [5.74, 6) is 0.0467. The maximum absolute atomic E-state index is 13.3. The quantitative estimate of drug-likeness (QED) is 0.324. The van der Waals surface area contributed by atoms with Gasteiger partial charge in [-0.1, -0.05) is 0 Å². The second-order valence-corrected chi connectivity index (χ2v) is 12.2. The smallest absolute Gasteiger partial charge is 0.262 e. The molecule has 0 saturated carbocycles. The normalized spacial score (nSPS) is 20.7. The summed E-state index contributed by atoms with van der Waals surface area (Å²) >= 11 is 0. The van der Waals surface area contributed by atoms with Gasteiger partial charge in [0.25, 0.3) is 11.8 Å². The number of carbonyl (C=O) groups excluding carboxylic acids is 4. The lowest BCUT2D eigenvalue weighted by molar-refractivity contribution is -0.124. The number of hydrogen-bond acceptors (Lipinski definition) is 9. The molecule has 42 heavy (non-hydrogen) atoms. The minimum atomic E-state index is -1.00. The van der Waals surface area contributed by atoms with Gasteiger partial charge in [-0.2, -0.15) is 0 Å². The average Bonchev–Trinajstić information content (AvgIpc) is 3.22. The SMILES string of the molecule is CNC(=O)C(CCC=O)N1C(=O)c2ccc(N3CC(CN4CCC5(CC4)CN(c4ccc(NC)nc4)C5)C3)cc2C1=O. The van der Waals surface area contributed by atoms with Crippen molar-refractivity contribution in [3.63, 3.8) is 0 Å². The van der Waals surface area contributed by atoms with Crippen molar-refractivity contribution in [3.8, 4) is 0 Å². The number of aromatic nitrogens is 1. The summed E-state index contributed by atoms with van der Waals surface area (Å²) in [6, 6.07) is 8.53. The number of carbonyl (C=O) groups is 4. The Bertz CT molecular complexity index is 1360. The Morgan fingerprint density at radius 1 is 1.02 bits per heavy atom. The molecule has 2 aromatic rings. The van der Waals surface area contributed by atoms with Gasteiger partial charge in [0.05, 0.1) is 23.0 Å². The van der Waals surface area contributed by atoms with Crippen LogP contribution in [0.25, 0.3) is 0 Å². The molecule has 11 heteroatoms. The molecule has 11 nitrogen and oxygen atoms in total. The van der Waals surface area contributed by atoms with E-state index in [2.05, 4.69) is 36.4 Å². The Morgan fingerprint density at radius 2 is 1.74 bits per heavy atom. The first-order valence-corrected chi connectivity index (χ1v) is 14.9. The van der Waals surface area contributed by atoms with Gasteiger partial charge in [-0.05, 0) is 62.7 Å². The zero-order valence-corrected chi connectivity index (χ0v) is 24.3. The van der Waals surface area contributed by atoms with Crippen LogP contribution in [0.1, 0.15) is 46.4 Å². The third kappa shape index (κ3) is 5.10. The number of rotatable bonds is 10. The first-order chi connectivity index (χ1) is 20.3. The number of pyridine rings is 1. The lowest BCUT2D eigenvalue weighted by atomic mass is 9.71. The van der Waals surface area contributed by atoms with E-state index in [1.54, 1.807) is 12.1 Å². The van der Waals surface area contributed by atoms with Gasteiger partial charge < -0.3 is 30.1 Å². The topological polar surface area (TPSA) is 118 Å². The molecule has 222 valence electrons. The highest BCUT2D eigenvalue weighted by Gasteiger charge is 2.46. The first-order valence-electron chi connectivity index (χ1n) is 14.9. The number of likely N-dealkylation sites (N-methyl/N-ethyl adjacent to an activating group) is 1. The van der Waals surface area contributed by atoms with Crippen molar-refractivity contribution in [2.75, 3.05) is 75.0 Å². The van der Waals surface area contributed by atoms with Gasteiger partial charge in [-0.15, -0.1) is 0 Å². The van der Waals surface area contributed by atoms with Crippen LogP contribution >= 0.6 is 0 Å². The van der Waals surface area contributed by atoms with E-state index in [1.807, 2.05) is 25.4 Å². The molecule has 4 aliphatic heterocycles. The largest absolute Gasteiger partial charge is 0.373 e. The monoisotopic (exact) mass is 573 g/mol. The number of anilines is 3. The van der Waals surface area contributed by atoms with Crippen molar-refractivity contribution in [2.45, 2.75) is 31.7 Å². The van der Waals surface area contributed by atoms with Crippen molar-refractivity contribution >= 4 is 41.2 Å². The lowest BCUT2D eigenvalue weighted by Crippen LogP contribution is -2.61. The van der Waals surface area contributed by atoms with Gasteiger partial charge in [0.2, 0.25) is 5.91 Å². The molecule has 1 atom stereocenters. The number of fused-ring (bicyclic) bond motifs is 1. The molecule has 0 bridgehead atoms. The van der Waals surface area contributed by atoms with Crippen LogP contribution in [0.4, 0.5) is 17.2 Å². The van der Waals surface area contributed by atoms with E-state index in [-0.39, 0.29) is 12.8 Å². The van der Waals surface area contributed by atoms with E-state index in [0.717, 1.165) is 62.2 Å². The van der Waals surface area contributed by atoms with Crippen molar-refractivity contribution in [1.82, 2.24) is 20.1 Å². The van der Waals surface area contributed by atoms with Crippen LogP contribution in [0.2, 0.25) is 0 Å². The molecule has 1 unspecified atom stereocenters. The van der Waals surface area contributed by atoms with Gasteiger partial charge in [-0.3, -0.25) is 19.3 Å². The van der Waals surface area contributed by atoms with Crippen molar-refractivity contribution in [3.05, 3.63) is 47.7 Å². The summed E-state index contributed by atoms with van der Waals surface area (Å²) in [7, 11) is 3.34. The van der Waals surface area contributed by atoms with Gasteiger partial charge in [0.1, 0.15) is 18.1 Å². The van der Waals surface area contributed by atoms with Gasteiger partial charge in [-0.25, -0.2) is 4.98 Å². The first kappa shape index (κ1) is 28.1. The van der Waals surface area contributed by atoms with Crippen LogP contribution in [0.5, 0.6) is 0 Å². The number of nitrogens with zero attached hydrogens (tertiary/aromatic N) is 5. The number of imide groups is 1. The molecular weight excluding hydrogens is 534 g/mol. The maximum atomic E-state index is 13.3. The van der Waals surface area contributed by atoms with Crippen LogP contribution in [-0.2, 0) is 9.59 Å². The fraction of sp³-hybridized carbons (Fsp3) is 0.516. The number of amides is 3. The Hall–Kier alpha value is -3.99. The second-order valence-electron chi connectivity index (χ2n) is 12.2. The van der Waals surface area contributed by atoms with Crippen LogP contribution in [0, 0.1) is 11.3 Å². The van der Waals surface area contributed by atoms with Crippen LogP contribution in [0.3, 0.4) is 0 Å². The van der Waals surface area contributed by atoms with Crippen LogP contribution in [-0.4, -0.2) is 105 Å². The number of aldehydes is 1. The predicted octanol–water partition coefficient (Wildman–Crippen LogP) is 1.85. The highest BCUT2D eigenvalue weighted by Crippen LogP contribution is 2.43. The van der Waals surface area contributed by atoms with Crippen molar-refractivity contribution < 1.29 is 19.2 Å². The average molecular weight is 574 g/mol. The summed E-state index contributed by atoms with van der Waals surface area (Å²) in [6.07, 6.45) is 5.29. The summed E-state index contributed by atoms with van der Waals surface area (Å²) in [5, 5.41) is 5.58.